The average Bonchev–Trinajstić information content (AvgIpc) is 3.58. The highest BCUT2D eigenvalue weighted by Gasteiger charge is 2.40. The summed E-state index contributed by atoms with van der Waals surface area (Å²) in [5, 5.41) is 11.0. The number of halogens is 6. The van der Waals surface area contributed by atoms with Gasteiger partial charge in [-0.3, -0.25) is 35.1 Å². The Bertz CT molecular complexity index is 1870. The molecule has 13 nitrogen and oxygen atoms in total. The van der Waals surface area contributed by atoms with Gasteiger partial charge < -0.3 is 9.47 Å². The van der Waals surface area contributed by atoms with Crippen LogP contribution in [0.15, 0.2) is 47.5 Å². The molecule has 1 fully saturated rings. The molecule has 0 aliphatic carbocycles. The molecule has 2 heterocycles. The second kappa shape index (κ2) is 15.7. The first-order chi connectivity index (χ1) is 24.4. The fraction of sp³-hybridized carbons (Fsp3) is 0.424. The number of carbonyl (C=O) groups excluding carboxylic acids is 4. The zero-order chi connectivity index (χ0) is 39.5. The molecule has 0 bridgehead atoms. The van der Waals surface area contributed by atoms with E-state index in [4.69, 9.17) is 14.3 Å². The summed E-state index contributed by atoms with van der Waals surface area (Å²) in [5.74, 6) is -0.901. The van der Waals surface area contributed by atoms with Gasteiger partial charge in [-0.05, 0) is 101 Å². The van der Waals surface area contributed by atoms with Crippen LogP contribution in [0, 0.1) is 0 Å². The van der Waals surface area contributed by atoms with Crippen molar-refractivity contribution < 1.29 is 59.8 Å². The Kier molecular flexibility index (Phi) is 12.1. The van der Waals surface area contributed by atoms with Gasteiger partial charge in [0.15, 0.2) is 6.29 Å². The van der Waals surface area contributed by atoms with Crippen LogP contribution < -0.4 is 16.1 Å². The fourth-order valence-electron chi connectivity index (χ4n) is 4.81. The minimum Gasteiger partial charge on any atom is -0.444 e. The number of ether oxygens (including phenoxy) is 2. The molecule has 288 valence electrons. The van der Waals surface area contributed by atoms with Gasteiger partial charge in [-0.1, -0.05) is 12.1 Å². The molecule has 3 aromatic rings. The molecule has 0 atom stereocenters. The van der Waals surface area contributed by atoms with Crippen LogP contribution >= 0.6 is 11.8 Å². The number of nitrogens with one attached hydrogen (secondary N) is 4. The third kappa shape index (κ3) is 11.3. The molecule has 20 heteroatoms. The van der Waals surface area contributed by atoms with Crippen molar-refractivity contribution in [3.05, 3.63) is 69.8 Å². The van der Waals surface area contributed by atoms with E-state index < -0.39 is 89.4 Å². The number of nitrogens with zero attached hydrogens (tertiary/aromatic N) is 2. The summed E-state index contributed by atoms with van der Waals surface area (Å²) in [7, 11) is 0. The first-order valence-electron chi connectivity index (χ1n) is 15.8. The van der Waals surface area contributed by atoms with E-state index in [9.17, 15) is 45.5 Å². The fourth-order valence-corrected chi connectivity index (χ4v) is 5.77. The maximum absolute atomic E-state index is 14.1. The zero-order valence-electron chi connectivity index (χ0n) is 29.2. The third-order valence-electron chi connectivity index (χ3n) is 6.96. The number of thioether (sulfide) groups is 1. The molecular formula is C33H36F6N6O7S. The van der Waals surface area contributed by atoms with Gasteiger partial charge in [-0.2, -0.15) is 36.9 Å². The van der Waals surface area contributed by atoms with Gasteiger partial charge in [0.2, 0.25) is 0 Å². The van der Waals surface area contributed by atoms with E-state index in [0.29, 0.717) is 34.8 Å². The summed E-state index contributed by atoms with van der Waals surface area (Å²) in [4.78, 5) is 57.4. The predicted molar refractivity (Wildman–Crippen MR) is 179 cm³/mol. The second-order valence-corrected chi connectivity index (χ2v) is 14.5. The predicted octanol–water partition coefficient (Wildman–Crippen LogP) is 7.10. The number of benzene rings is 2. The number of alkyl carbamates (subject to hydrolysis) is 2. The third-order valence-corrected chi connectivity index (χ3v) is 7.98. The molecule has 0 saturated carbocycles. The number of H-pyrrole nitrogens is 1. The number of hydrogen-bond acceptors (Lipinski definition) is 10. The molecule has 1 aliphatic heterocycles. The Morgan fingerprint density at radius 3 is 2.08 bits per heavy atom. The quantitative estimate of drug-likeness (QED) is 0.0549. The molecule has 1 saturated heterocycles. The normalized spacial score (nSPS) is 15.3. The van der Waals surface area contributed by atoms with Crippen molar-refractivity contribution in [2.75, 3.05) is 13.2 Å². The van der Waals surface area contributed by atoms with Crippen molar-refractivity contribution >= 4 is 51.6 Å². The van der Waals surface area contributed by atoms with Crippen LogP contribution in [0.5, 0.6) is 0 Å². The Morgan fingerprint density at radius 1 is 0.887 bits per heavy atom. The lowest BCUT2D eigenvalue weighted by molar-refractivity contribution is -0.143. The number of hydrogen-bond donors (Lipinski definition) is 4. The van der Waals surface area contributed by atoms with Crippen LogP contribution in [0.4, 0.5) is 40.7 Å². The lowest BCUT2D eigenvalue weighted by atomic mass is 9.92. The van der Waals surface area contributed by atoms with E-state index in [1.807, 2.05) is 0 Å². The lowest BCUT2D eigenvalue weighted by Crippen LogP contribution is -2.58. The summed E-state index contributed by atoms with van der Waals surface area (Å²) in [6.45, 7) is 8.83. The maximum Gasteiger partial charge on any atom is 0.416 e. The van der Waals surface area contributed by atoms with Crippen LogP contribution in [0.25, 0.3) is 16.5 Å². The van der Waals surface area contributed by atoms with Crippen LogP contribution in [0.3, 0.4) is 0 Å². The van der Waals surface area contributed by atoms with Gasteiger partial charge in [0, 0.05) is 5.39 Å². The number of carbonyl (C=O) groups is 4. The van der Waals surface area contributed by atoms with Gasteiger partial charge in [-0.25, -0.2) is 9.59 Å². The molecule has 1 aromatic heterocycles. The number of amides is 4. The van der Waals surface area contributed by atoms with Crippen LogP contribution in [0.1, 0.15) is 63.8 Å². The van der Waals surface area contributed by atoms with E-state index in [2.05, 4.69) is 26.3 Å². The molecule has 1 aliphatic rings. The molecule has 0 spiro atoms. The topological polar surface area (TPSA) is 164 Å². The zero-order valence-corrected chi connectivity index (χ0v) is 30.0. The van der Waals surface area contributed by atoms with Crippen LogP contribution in [-0.2, 0) is 37.9 Å². The Morgan fingerprint density at radius 2 is 1.51 bits per heavy atom. The Hall–Kier alpha value is -4.82. The number of imide groups is 1. The van der Waals surface area contributed by atoms with Gasteiger partial charge in [-0.15, -0.1) is 0 Å². The summed E-state index contributed by atoms with van der Waals surface area (Å²) in [6, 6.07) is 5.75. The SMILES string of the molecule is CC(C)(C)OC(=O)NC(NOCCN1C(=O)S/C(=C(/Cc2ccc(C(F)(F)F)cc2C(F)(F)F)c2ccc3[nH]ncc3c2)C1=O)NC(=O)OC(C)(C)C. The van der Waals surface area contributed by atoms with E-state index >= 15 is 0 Å². The van der Waals surface area contributed by atoms with Crippen molar-refractivity contribution in [1.29, 1.82) is 0 Å². The largest absolute Gasteiger partial charge is 0.444 e. The molecule has 53 heavy (non-hydrogen) atoms. The summed E-state index contributed by atoms with van der Waals surface area (Å²) in [6.07, 6.45) is -12.8. The summed E-state index contributed by atoms with van der Waals surface area (Å²) < 4.78 is 92.9. The van der Waals surface area contributed by atoms with Gasteiger partial charge >= 0.3 is 24.5 Å². The number of allylic oxidation sites excluding steroid dienone is 1. The van der Waals surface area contributed by atoms with Crippen molar-refractivity contribution in [3.8, 4) is 0 Å². The molecule has 0 radical (unpaired) electrons. The summed E-state index contributed by atoms with van der Waals surface area (Å²) >= 11 is 0.433. The monoisotopic (exact) mass is 774 g/mol. The lowest BCUT2D eigenvalue weighted by Gasteiger charge is -2.26. The Labute approximate surface area is 303 Å². The molecular weight excluding hydrogens is 738 g/mol. The average molecular weight is 775 g/mol. The van der Waals surface area contributed by atoms with Crippen molar-refractivity contribution in [2.45, 2.75) is 77.8 Å². The Balaban J connectivity index is 1.59. The molecule has 4 amide bonds. The standard InChI is InChI=1S/C33H36F6N6O7S/c1-30(2,3)51-27(47)41-26(42-28(48)52-31(4,5)6)44-50-12-11-45-25(46)24(53-29(45)49)21(17-8-10-23-19(13-17)16-40-43-23)14-18-7-9-20(32(34,35)36)15-22(18)33(37,38)39/h7-10,13,15-16,26,44H,11-12,14H2,1-6H3,(H,40,43)(H,41,47)(H,42,48)/b24-21-. The molecule has 4 N–H and O–H groups in total. The van der Waals surface area contributed by atoms with Gasteiger partial charge in [0.1, 0.15) is 11.2 Å². The highest BCUT2D eigenvalue weighted by atomic mass is 32.2. The first kappa shape index (κ1) is 40.9. The number of hydroxylamine groups is 1. The summed E-state index contributed by atoms with van der Waals surface area (Å²) in [5.41, 5.74) is -2.33. The van der Waals surface area contributed by atoms with E-state index in [0.717, 1.165) is 4.90 Å². The van der Waals surface area contributed by atoms with E-state index in [1.54, 1.807) is 47.6 Å². The highest BCUT2D eigenvalue weighted by Crippen LogP contribution is 2.42. The number of aromatic nitrogens is 2. The van der Waals surface area contributed by atoms with Crippen molar-refractivity contribution in [1.82, 2.24) is 31.2 Å². The van der Waals surface area contributed by atoms with E-state index in [-0.39, 0.29) is 22.1 Å². The number of aromatic amines is 1. The van der Waals surface area contributed by atoms with Crippen LogP contribution in [0.2, 0.25) is 0 Å². The minimum atomic E-state index is -5.19. The second-order valence-electron chi connectivity index (χ2n) is 13.5. The highest BCUT2D eigenvalue weighted by molar-refractivity contribution is 8.18. The maximum atomic E-state index is 14.1. The molecule has 4 rings (SSSR count). The van der Waals surface area contributed by atoms with Gasteiger partial charge in [0.05, 0.1) is 40.9 Å². The smallest absolute Gasteiger partial charge is 0.416 e. The minimum absolute atomic E-state index is 0.00487. The van der Waals surface area contributed by atoms with Gasteiger partial charge in [0.25, 0.3) is 11.1 Å². The van der Waals surface area contributed by atoms with Crippen molar-refractivity contribution in [2.24, 2.45) is 0 Å². The molecule has 2 aromatic carbocycles. The van der Waals surface area contributed by atoms with E-state index in [1.165, 1.54) is 18.3 Å². The molecule has 0 unspecified atom stereocenters. The number of alkyl halides is 6. The number of fused-ring (bicyclic) bond motifs is 1. The van der Waals surface area contributed by atoms with Crippen LogP contribution in [-0.4, -0.2) is 69.1 Å². The number of rotatable bonds is 10. The van der Waals surface area contributed by atoms with Crippen molar-refractivity contribution in [3.63, 3.8) is 0 Å². The first-order valence-corrected chi connectivity index (χ1v) is 16.6.